The number of nitrogens with two attached hydrogens (primary N) is 1. The molecule has 0 bridgehead atoms. The second-order valence-corrected chi connectivity index (χ2v) is 6.21. The molecule has 1 fully saturated rings. The normalized spacial score (nSPS) is 16.1. The Balaban J connectivity index is 1.84. The summed E-state index contributed by atoms with van der Waals surface area (Å²) in [6.07, 6.45) is 8.06. The van der Waals surface area contributed by atoms with Crippen LogP contribution in [0.4, 0.5) is 5.82 Å². The molecule has 5 nitrogen and oxygen atoms in total. The maximum absolute atomic E-state index is 5.95. The summed E-state index contributed by atoms with van der Waals surface area (Å²) in [5.74, 6) is 1.24. The quantitative estimate of drug-likeness (QED) is 0.804. The Labute approximate surface area is 129 Å². The van der Waals surface area contributed by atoms with E-state index in [2.05, 4.69) is 46.8 Å². The van der Waals surface area contributed by atoms with Crippen LogP contribution in [0.25, 0.3) is 22.2 Å². The minimum absolute atomic E-state index is 0.458. The van der Waals surface area contributed by atoms with E-state index in [-0.39, 0.29) is 0 Å². The Bertz CT molecular complexity index is 847. The van der Waals surface area contributed by atoms with Crippen molar-refractivity contribution in [3.05, 3.63) is 36.3 Å². The van der Waals surface area contributed by atoms with Gasteiger partial charge in [-0.1, -0.05) is 0 Å². The van der Waals surface area contributed by atoms with Gasteiger partial charge in [-0.2, -0.15) is 5.10 Å². The van der Waals surface area contributed by atoms with E-state index >= 15 is 0 Å². The van der Waals surface area contributed by atoms with Gasteiger partial charge in [0.1, 0.15) is 11.5 Å². The largest absolute Gasteiger partial charge is 0.382 e. The van der Waals surface area contributed by atoms with E-state index in [9.17, 15) is 0 Å². The van der Waals surface area contributed by atoms with Crippen molar-refractivity contribution in [2.45, 2.75) is 32.7 Å². The first-order valence-corrected chi connectivity index (χ1v) is 7.70. The molecule has 2 N–H and O–H groups in total. The summed E-state index contributed by atoms with van der Waals surface area (Å²) in [4.78, 5) is 8.49. The van der Waals surface area contributed by atoms with Crippen LogP contribution < -0.4 is 5.73 Å². The van der Waals surface area contributed by atoms with Crippen molar-refractivity contribution in [2.24, 2.45) is 5.92 Å². The molecule has 2 heterocycles. The molecule has 2 aromatic heterocycles. The van der Waals surface area contributed by atoms with Crippen molar-refractivity contribution in [3.8, 4) is 11.3 Å². The molecule has 0 radical (unpaired) electrons. The Hall–Kier alpha value is -2.43. The fourth-order valence-corrected chi connectivity index (χ4v) is 3.04. The predicted octanol–water partition coefficient (Wildman–Crippen LogP) is 3.35. The number of benzene rings is 1. The van der Waals surface area contributed by atoms with Gasteiger partial charge in [0.2, 0.25) is 0 Å². The summed E-state index contributed by atoms with van der Waals surface area (Å²) in [7, 11) is 0. The number of nitrogen functional groups attached to an aromatic ring is 1. The van der Waals surface area contributed by atoms with Crippen molar-refractivity contribution >= 4 is 16.7 Å². The average molecular weight is 293 g/mol. The smallest absolute Gasteiger partial charge is 0.149 e. The third-order valence-electron chi connectivity index (χ3n) is 4.54. The van der Waals surface area contributed by atoms with Gasteiger partial charge in [-0.25, -0.2) is 4.98 Å². The van der Waals surface area contributed by atoms with Gasteiger partial charge in [0.05, 0.1) is 11.6 Å². The van der Waals surface area contributed by atoms with Gasteiger partial charge in [-0.3, -0.25) is 9.67 Å². The second-order valence-electron chi connectivity index (χ2n) is 6.21. The fraction of sp³-hybridized carbons (Fsp3) is 0.353. The lowest BCUT2D eigenvalue weighted by molar-refractivity contribution is 0.443. The van der Waals surface area contributed by atoms with Crippen LogP contribution in [0.15, 0.2) is 30.7 Å². The lowest BCUT2D eigenvalue weighted by Crippen LogP contribution is -2.07. The van der Waals surface area contributed by atoms with Crippen molar-refractivity contribution in [1.82, 2.24) is 19.7 Å². The minimum Gasteiger partial charge on any atom is -0.382 e. The third-order valence-corrected chi connectivity index (χ3v) is 4.54. The van der Waals surface area contributed by atoms with E-state index in [0.717, 1.165) is 33.6 Å². The number of anilines is 1. The molecular weight excluding hydrogens is 274 g/mol. The standard InChI is InChI=1S/C17H19N5/c1-10-7-13(16-17(18)20-6-5-19-16)8-14-9-22(21-15(10)14)11(2)12-3-4-12/h5-9,11-12H,3-4H2,1-2H3,(H2,18,20). The topological polar surface area (TPSA) is 69.6 Å². The molecule has 1 aliphatic rings. The molecule has 3 aromatic rings. The van der Waals surface area contributed by atoms with Crippen LogP contribution in [-0.2, 0) is 0 Å². The molecule has 1 unspecified atom stereocenters. The fourth-order valence-electron chi connectivity index (χ4n) is 3.04. The molecule has 1 aliphatic carbocycles. The highest BCUT2D eigenvalue weighted by molar-refractivity contribution is 5.87. The molecule has 1 aromatic carbocycles. The molecular formula is C17H19N5. The predicted molar refractivity (Wildman–Crippen MR) is 87.3 cm³/mol. The van der Waals surface area contributed by atoms with Gasteiger partial charge in [-0.15, -0.1) is 0 Å². The Morgan fingerprint density at radius 3 is 2.73 bits per heavy atom. The summed E-state index contributed by atoms with van der Waals surface area (Å²) >= 11 is 0. The minimum atomic E-state index is 0.458. The zero-order chi connectivity index (χ0) is 15.3. The molecule has 0 amide bonds. The number of rotatable bonds is 3. The van der Waals surface area contributed by atoms with E-state index in [1.54, 1.807) is 12.4 Å². The van der Waals surface area contributed by atoms with Gasteiger partial charge < -0.3 is 5.73 Å². The summed E-state index contributed by atoms with van der Waals surface area (Å²) in [6.45, 7) is 4.33. The number of hydrogen-bond donors (Lipinski definition) is 1. The van der Waals surface area contributed by atoms with Gasteiger partial charge in [0.25, 0.3) is 0 Å². The van der Waals surface area contributed by atoms with E-state index in [1.807, 2.05) is 0 Å². The molecule has 1 saturated carbocycles. The molecule has 0 spiro atoms. The first-order valence-electron chi connectivity index (χ1n) is 7.70. The molecule has 1 atom stereocenters. The van der Waals surface area contributed by atoms with Crippen LogP contribution >= 0.6 is 0 Å². The first kappa shape index (κ1) is 13.2. The highest BCUT2D eigenvalue weighted by atomic mass is 15.3. The summed E-state index contributed by atoms with van der Waals surface area (Å²) in [5, 5.41) is 5.91. The van der Waals surface area contributed by atoms with E-state index in [4.69, 9.17) is 10.8 Å². The van der Waals surface area contributed by atoms with Crippen LogP contribution in [0.1, 0.15) is 31.4 Å². The summed E-state index contributed by atoms with van der Waals surface area (Å²) < 4.78 is 2.11. The van der Waals surface area contributed by atoms with Crippen LogP contribution in [-0.4, -0.2) is 19.7 Å². The Morgan fingerprint density at radius 2 is 2.00 bits per heavy atom. The van der Waals surface area contributed by atoms with Crippen LogP contribution in [0.3, 0.4) is 0 Å². The number of hydrogen-bond acceptors (Lipinski definition) is 4. The lowest BCUT2D eigenvalue weighted by Gasteiger charge is -2.09. The van der Waals surface area contributed by atoms with Crippen molar-refractivity contribution in [2.75, 3.05) is 5.73 Å². The number of fused-ring (bicyclic) bond motifs is 1. The highest BCUT2D eigenvalue weighted by Crippen LogP contribution is 2.39. The molecule has 0 aliphatic heterocycles. The van der Waals surface area contributed by atoms with E-state index in [1.165, 1.54) is 12.8 Å². The van der Waals surface area contributed by atoms with Crippen molar-refractivity contribution in [1.29, 1.82) is 0 Å². The number of aromatic nitrogens is 4. The average Bonchev–Trinajstić information content (AvgIpc) is 3.26. The van der Waals surface area contributed by atoms with Crippen LogP contribution in [0.5, 0.6) is 0 Å². The van der Waals surface area contributed by atoms with Gasteiger partial charge in [0.15, 0.2) is 0 Å². The molecule has 4 rings (SSSR count). The van der Waals surface area contributed by atoms with Crippen molar-refractivity contribution < 1.29 is 0 Å². The first-order chi connectivity index (χ1) is 10.6. The van der Waals surface area contributed by atoms with Crippen LogP contribution in [0, 0.1) is 12.8 Å². The van der Waals surface area contributed by atoms with Gasteiger partial charge in [0, 0.05) is 29.5 Å². The van der Waals surface area contributed by atoms with Crippen molar-refractivity contribution in [3.63, 3.8) is 0 Å². The van der Waals surface area contributed by atoms with E-state index in [0.29, 0.717) is 11.9 Å². The maximum Gasteiger partial charge on any atom is 0.149 e. The molecule has 22 heavy (non-hydrogen) atoms. The summed E-state index contributed by atoms with van der Waals surface area (Å²) in [5.41, 5.74) is 9.87. The highest BCUT2D eigenvalue weighted by Gasteiger charge is 2.29. The van der Waals surface area contributed by atoms with E-state index < -0.39 is 0 Å². The SMILES string of the molecule is Cc1cc(-c2nccnc2N)cc2cn(C(C)C3CC3)nc12. The maximum atomic E-state index is 5.95. The third kappa shape index (κ3) is 2.13. The van der Waals surface area contributed by atoms with Crippen LogP contribution in [0.2, 0.25) is 0 Å². The molecule has 5 heteroatoms. The Morgan fingerprint density at radius 1 is 1.23 bits per heavy atom. The zero-order valence-electron chi connectivity index (χ0n) is 12.8. The second kappa shape index (κ2) is 4.80. The monoisotopic (exact) mass is 293 g/mol. The molecule has 112 valence electrons. The van der Waals surface area contributed by atoms with Gasteiger partial charge >= 0.3 is 0 Å². The lowest BCUT2D eigenvalue weighted by atomic mass is 10.1. The zero-order valence-corrected chi connectivity index (χ0v) is 12.8. The number of aryl methyl sites for hydroxylation is 1. The summed E-state index contributed by atoms with van der Waals surface area (Å²) in [6, 6.07) is 4.66. The van der Waals surface area contributed by atoms with Gasteiger partial charge in [-0.05, 0) is 50.3 Å². The molecule has 0 saturated heterocycles. The Kier molecular flexibility index (Phi) is 2.89. The number of nitrogens with zero attached hydrogens (tertiary/aromatic N) is 4.